The average Bonchev–Trinajstić information content (AvgIpc) is 2.81. The molecule has 0 aromatic rings. The minimum absolute atomic E-state index is 0.556. The lowest BCUT2D eigenvalue weighted by molar-refractivity contribution is -0.0221. The van der Waals surface area contributed by atoms with Crippen LogP contribution < -0.4 is 0 Å². The Labute approximate surface area is 112 Å². The van der Waals surface area contributed by atoms with Crippen molar-refractivity contribution in [1.29, 1.82) is 0 Å². The predicted octanol–water partition coefficient (Wildman–Crippen LogP) is 2.22. The summed E-state index contributed by atoms with van der Waals surface area (Å²) in [4.78, 5) is 5.43. The van der Waals surface area contributed by atoms with Crippen LogP contribution in [0.1, 0.15) is 40.5 Å². The van der Waals surface area contributed by atoms with Crippen molar-refractivity contribution in [2.45, 2.75) is 58.7 Å². The highest BCUT2D eigenvalue weighted by Gasteiger charge is 2.39. The second-order valence-electron chi connectivity index (χ2n) is 6.31. The molecule has 3 nitrogen and oxygen atoms in total. The molecule has 0 amide bonds. The first-order chi connectivity index (χ1) is 8.63. The van der Waals surface area contributed by atoms with Crippen molar-refractivity contribution >= 4 is 0 Å². The van der Waals surface area contributed by atoms with Gasteiger partial charge in [0, 0.05) is 37.8 Å². The van der Waals surface area contributed by atoms with Crippen molar-refractivity contribution in [1.82, 2.24) is 9.80 Å². The summed E-state index contributed by atoms with van der Waals surface area (Å²) in [5.74, 6) is 0.732. The molecule has 106 valence electrons. The number of fused-ring (bicyclic) bond motifs is 1. The van der Waals surface area contributed by atoms with E-state index in [-0.39, 0.29) is 0 Å². The Kier molecular flexibility index (Phi) is 5.05. The van der Waals surface area contributed by atoms with Gasteiger partial charge in [0.15, 0.2) is 0 Å². The molecule has 0 spiro atoms. The first-order valence-electron chi connectivity index (χ1n) is 7.71. The van der Waals surface area contributed by atoms with Gasteiger partial charge in [0.25, 0.3) is 0 Å². The van der Waals surface area contributed by atoms with Gasteiger partial charge < -0.3 is 4.74 Å². The first-order valence-corrected chi connectivity index (χ1v) is 7.71. The zero-order valence-corrected chi connectivity index (χ0v) is 12.6. The molecular weight excluding hydrogens is 224 g/mol. The van der Waals surface area contributed by atoms with Crippen molar-refractivity contribution in [2.75, 3.05) is 32.8 Å². The molecule has 0 aromatic heterocycles. The van der Waals surface area contributed by atoms with Crippen LogP contribution >= 0.6 is 0 Å². The van der Waals surface area contributed by atoms with Crippen molar-refractivity contribution < 1.29 is 4.74 Å². The lowest BCUT2D eigenvalue weighted by Gasteiger charge is -2.48. The smallest absolute Gasteiger partial charge is 0.0619 e. The summed E-state index contributed by atoms with van der Waals surface area (Å²) in [6.07, 6.45) is 2.78. The molecule has 0 saturated carbocycles. The van der Waals surface area contributed by atoms with E-state index in [1.807, 2.05) is 0 Å². The molecule has 0 aliphatic carbocycles. The number of hydrogen-bond acceptors (Lipinski definition) is 3. The molecule has 3 atom stereocenters. The van der Waals surface area contributed by atoms with E-state index in [2.05, 4.69) is 37.5 Å². The Morgan fingerprint density at radius 2 is 2.00 bits per heavy atom. The Hall–Kier alpha value is -0.120. The minimum Gasteiger partial charge on any atom is -0.380 e. The lowest BCUT2D eigenvalue weighted by Crippen LogP contribution is -2.60. The molecule has 2 aliphatic heterocycles. The molecule has 0 N–H and O–H groups in total. The number of ether oxygens (including phenoxy) is 1. The molecule has 2 rings (SSSR count). The maximum atomic E-state index is 5.63. The number of piperazine rings is 1. The maximum Gasteiger partial charge on any atom is 0.0619 e. The van der Waals surface area contributed by atoms with Crippen molar-refractivity contribution in [3.63, 3.8) is 0 Å². The molecule has 2 heterocycles. The highest BCUT2D eigenvalue weighted by atomic mass is 16.5. The Bertz CT molecular complexity index is 257. The third-order valence-electron chi connectivity index (χ3n) is 4.67. The fourth-order valence-corrected chi connectivity index (χ4v) is 3.55. The Morgan fingerprint density at radius 3 is 2.67 bits per heavy atom. The van der Waals surface area contributed by atoms with Crippen molar-refractivity contribution in [2.24, 2.45) is 5.92 Å². The second-order valence-corrected chi connectivity index (χ2v) is 6.31. The summed E-state index contributed by atoms with van der Waals surface area (Å²) >= 11 is 0. The van der Waals surface area contributed by atoms with Gasteiger partial charge in [-0.1, -0.05) is 13.8 Å². The molecule has 0 aromatic carbocycles. The zero-order valence-electron chi connectivity index (χ0n) is 12.6. The predicted molar refractivity (Wildman–Crippen MR) is 75.9 cm³/mol. The van der Waals surface area contributed by atoms with Gasteiger partial charge in [-0.05, 0) is 39.2 Å². The van der Waals surface area contributed by atoms with Crippen molar-refractivity contribution in [3.8, 4) is 0 Å². The molecule has 18 heavy (non-hydrogen) atoms. The van der Waals surface area contributed by atoms with Crippen LogP contribution in [0.5, 0.6) is 0 Å². The SMILES string of the molecule is CCOCC(C)N1CC2CCCN2CC1C(C)C. The second kappa shape index (κ2) is 6.36. The van der Waals surface area contributed by atoms with E-state index < -0.39 is 0 Å². The van der Waals surface area contributed by atoms with E-state index in [4.69, 9.17) is 4.74 Å². The van der Waals surface area contributed by atoms with Crippen LogP contribution in [0.25, 0.3) is 0 Å². The van der Waals surface area contributed by atoms with Gasteiger partial charge >= 0.3 is 0 Å². The van der Waals surface area contributed by atoms with E-state index in [9.17, 15) is 0 Å². The molecule has 2 fully saturated rings. The summed E-state index contributed by atoms with van der Waals surface area (Å²) in [5, 5.41) is 0. The van der Waals surface area contributed by atoms with Gasteiger partial charge in [0.1, 0.15) is 0 Å². The third-order valence-corrected chi connectivity index (χ3v) is 4.67. The van der Waals surface area contributed by atoms with E-state index in [0.29, 0.717) is 12.1 Å². The van der Waals surface area contributed by atoms with Gasteiger partial charge in [-0.2, -0.15) is 0 Å². The number of hydrogen-bond donors (Lipinski definition) is 0. The lowest BCUT2D eigenvalue weighted by atomic mass is 9.96. The molecule has 2 aliphatic rings. The average molecular weight is 254 g/mol. The van der Waals surface area contributed by atoms with Crippen LogP contribution in [-0.2, 0) is 4.74 Å². The summed E-state index contributed by atoms with van der Waals surface area (Å²) in [6.45, 7) is 14.7. The van der Waals surface area contributed by atoms with Gasteiger partial charge in [0.2, 0.25) is 0 Å². The van der Waals surface area contributed by atoms with Gasteiger partial charge in [-0.3, -0.25) is 9.80 Å². The fraction of sp³-hybridized carbons (Fsp3) is 1.00. The van der Waals surface area contributed by atoms with Crippen LogP contribution in [0.4, 0.5) is 0 Å². The van der Waals surface area contributed by atoms with Crippen molar-refractivity contribution in [3.05, 3.63) is 0 Å². The molecule has 0 radical (unpaired) electrons. The molecular formula is C15H30N2O. The Morgan fingerprint density at radius 1 is 1.22 bits per heavy atom. The standard InChI is InChI=1S/C15H30N2O/c1-5-18-11-13(4)17-9-14-7-6-8-16(14)10-15(17)12(2)3/h12-15H,5-11H2,1-4H3. The van der Waals surface area contributed by atoms with Crippen LogP contribution in [0.3, 0.4) is 0 Å². The van der Waals surface area contributed by atoms with Gasteiger partial charge in [-0.25, -0.2) is 0 Å². The van der Waals surface area contributed by atoms with Gasteiger partial charge in [-0.15, -0.1) is 0 Å². The van der Waals surface area contributed by atoms with E-state index in [1.165, 1.54) is 32.5 Å². The van der Waals surface area contributed by atoms with E-state index in [1.54, 1.807) is 0 Å². The third kappa shape index (κ3) is 3.06. The molecule has 3 unspecified atom stereocenters. The largest absolute Gasteiger partial charge is 0.380 e. The van der Waals surface area contributed by atoms with E-state index in [0.717, 1.165) is 25.2 Å². The number of nitrogens with zero attached hydrogens (tertiary/aromatic N) is 2. The minimum atomic E-state index is 0.556. The van der Waals surface area contributed by atoms with Gasteiger partial charge in [0.05, 0.1) is 6.61 Å². The molecule has 0 bridgehead atoms. The van der Waals surface area contributed by atoms with Crippen LogP contribution in [-0.4, -0.2) is 60.8 Å². The molecule has 2 saturated heterocycles. The normalized spacial score (nSPS) is 31.8. The summed E-state index contributed by atoms with van der Waals surface area (Å²) in [6, 6.07) is 2.07. The van der Waals surface area contributed by atoms with Crippen LogP contribution in [0, 0.1) is 5.92 Å². The number of rotatable bonds is 5. The summed E-state index contributed by atoms with van der Waals surface area (Å²) < 4.78 is 5.63. The maximum absolute atomic E-state index is 5.63. The fourth-order valence-electron chi connectivity index (χ4n) is 3.55. The Balaban J connectivity index is 2.00. The zero-order chi connectivity index (χ0) is 13.1. The van der Waals surface area contributed by atoms with Crippen LogP contribution in [0.2, 0.25) is 0 Å². The summed E-state index contributed by atoms with van der Waals surface area (Å²) in [5.41, 5.74) is 0. The van der Waals surface area contributed by atoms with Crippen LogP contribution in [0.15, 0.2) is 0 Å². The summed E-state index contributed by atoms with van der Waals surface area (Å²) in [7, 11) is 0. The monoisotopic (exact) mass is 254 g/mol. The topological polar surface area (TPSA) is 15.7 Å². The highest BCUT2D eigenvalue weighted by molar-refractivity contribution is 4.94. The first kappa shape index (κ1) is 14.3. The van der Waals surface area contributed by atoms with E-state index >= 15 is 0 Å². The molecule has 3 heteroatoms. The highest BCUT2D eigenvalue weighted by Crippen LogP contribution is 2.28. The quantitative estimate of drug-likeness (QED) is 0.748.